The van der Waals surface area contributed by atoms with Crippen LogP contribution in [-0.4, -0.2) is 36.1 Å². The van der Waals surface area contributed by atoms with Crippen LogP contribution in [0.3, 0.4) is 0 Å². The van der Waals surface area contributed by atoms with Crippen molar-refractivity contribution >= 4 is 34.2 Å². The van der Waals surface area contributed by atoms with Crippen molar-refractivity contribution in [1.29, 1.82) is 0 Å². The van der Waals surface area contributed by atoms with Crippen molar-refractivity contribution in [2.75, 3.05) is 19.0 Å². The number of amides is 1. The summed E-state index contributed by atoms with van der Waals surface area (Å²) in [6, 6.07) is 3.33. The normalized spacial score (nSPS) is 13.0. The van der Waals surface area contributed by atoms with Crippen LogP contribution in [-0.2, 0) is 34.2 Å². The molecule has 1 N–H and O–H groups in total. The largest absolute Gasteiger partial charge is 0.465 e. The van der Waals surface area contributed by atoms with E-state index in [0.29, 0.717) is 16.3 Å². The Bertz CT molecular complexity index is 852. The zero-order valence-electron chi connectivity index (χ0n) is 14.7. The molecule has 3 rings (SSSR count). The van der Waals surface area contributed by atoms with Crippen molar-refractivity contribution < 1.29 is 23.9 Å². The first-order valence-electron chi connectivity index (χ1n) is 8.32. The van der Waals surface area contributed by atoms with Crippen LogP contribution in [0, 0.1) is 0 Å². The third kappa shape index (κ3) is 3.65. The van der Waals surface area contributed by atoms with Gasteiger partial charge in [0, 0.05) is 18.1 Å². The Morgan fingerprint density at radius 1 is 1.23 bits per heavy atom. The molecule has 0 radical (unpaired) electrons. The molecule has 0 fully saturated rings. The predicted octanol–water partition coefficient (Wildman–Crippen LogP) is 2.55. The number of nitrogens with one attached hydrogen (secondary N) is 1. The quantitative estimate of drug-likeness (QED) is 0.811. The zero-order chi connectivity index (χ0) is 18.7. The number of methoxy groups -OCH3 is 1. The highest BCUT2D eigenvalue weighted by atomic mass is 32.1. The van der Waals surface area contributed by atoms with Crippen LogP contribution in [0.4, 0.5) is 5.00 Å². The molecule has 2 aromatic rings. The minimum atomic E-state index is -0.577. The minimum Gasteiger partial charge on any atom is -0.465 e. The van der Waals surface area contributed by atoms with Gasteiger partial charge in [-0.05, 0) is 43.4 Å². The molecular formula is C18H20N2O5S. The van der Waals surface area contributed by atoms with Crippen LogP contribution in [0.1, 0.15) is 44.1 Å². The van der Waals surface area contributed by atoms with E-state index in [2.05, 4.69) is 5.32 Å². The second kappa shape index (κ2) is 7.74. The monoisotopic (exact) mass is 376 g/mol. The van der Waals surface area contributed by atoms with Crippen molar-refractivity contribution in [3.8, 4) is 0 Å². The van der Waals surface area contributed by atoms with Crippen LogP contribution >= 0.6 is 11.3 Å². The molecule has 0 atom stereocenters. The molecule has 2 aromatic heterocycles. The lowest BCUT2D eigenvalue weighted by Crippen LogP contribution is -2.22. The lowest BCUT2D eigenvalue weighted by atomic mass is 9.95. The predicted molar refractivity (Wildman–Crippen MR) is 96.6 cm³/mol. The molecule has 8 heteroatoms. The maximum Gasteiger partial charge on any atom is 0.355 e. The summed E-state index contributed by atoms with van der Waals surface area (Å²) in [6.07, 6.45) is 5.48. The summed E-state index contributed by atoms with van der Waals surface area (Å²) < 4.78 is 11.5. The topological polar surface area (TPSA) is 86.6 Å². The Morgan fingerprint density at radius 2 is 2.00 bits per heavy atom. The van der Waals surface area contributed by atoms with Gasteiger partial charge < -0.3 is 19.4 Å². The second-order valence-corrected chi connectivity index (χ2v) is 7.14. The highest BCUT2D eigenvalue weighted by Crippen LogP contribution is 2.38. The average molecular weight is 376 g/mol. The fourth-order valence-electron chi connectivity index (χ4n) is 3.01. The lowest BCUT2D eigenvalue weighted by molar-refractivity contribution is -0.119. The van der Waals surface area contributed by atoms with Crippen molar-refractivity contribution in [2.45, 2.75) is 25.7 Å². The van der Waals surface area contributed by atoms with Gasteiger partial charge >= 0.3 is 11.9 Å². The number of carbonyl (C=O) groups is 3. The lowest BCUT2D eigenvalue weighted by Gasteiger charge is -2.11. The van der Waals surface area contributed by atoms with Gasteiger partial charge in [-0.1, -0.05) is 0 Å². The van der Waals surface area contributed by atoms with Gasteiger partial charge in [-0.15, -0.1) is 11.3 Å². The minimum absolute atomic E-state index is 0.361. The van der Waals surface area contributed by atoms with Crippen molar-refractivity contribution in [3.05, 3.63) is 40.0 Å². The highest BCUT2D eigenvalue weighted by molar-refractivity contribution is 7.17. The molecule has 1 aliphatic rings. The fourth-order valence-corrected chi connectivity index (χ4v) is 4.31. The number of aromatic nitrogens is 1. The van der Waals surface area contributed by atoms with Gasteiger partial charge in [-0.25, -0.2) is 9.59 Å². The van der Waals surface area contributed by atoms with Crippen LogP contribution in [0.5, 0.6) is 0 Å². The molecule has 0 unspecified atom stereocenters. The van der Waals surface area contributed by atoms with E-state index in [4.69, 9.17) is 9.47 Å². The van der Waals surface area contributed by atoms with Gasteiger partial charge in [0.05, 0.1) is 12.7 Å². The maximum absolute atomic E-state index is 12.2. The van der Waals surface area contributed by atoms with E-state index < -0.39 is 24.5 Å². The first-order chi connectivity index (χ1) is 12.5. The summed E-state index contributed by atoms with van der Waals surface area (Å²) in [5, 5.41) is 3.15. The molecule has 0 bridgehead atoms. The Hall–Kier alpha value is -2.61. The molecule has 0 spiro atoms. The number of hydrogen-bond donors (Lipinski definition) is 1. The summed E-state index contributed by atoms with van der Waals surface area (Å²) in [4.78, 5) is 37.4. The first kappa shape index (κ1) is 18.2. The number of nitrogens with zero attached hydrogens (tertiary/aromatic N) is 1. The van der Waals surface area contributed by atoms with Crippen LogP contribution in [0.2, 0.25) is 0 Å². The Balaban J connectivity index is 1.69. The number of anilines is 1. The molecule has 26 heavy (non-hydrogen) atoms. The van der Waals surface area contributed by atoms with E-state index in [1.807, 2.05) is 0 Å². The van der Waals surface area contributed by atoms with Crippen LogP contribution < -0.4 is 5.32 Å². The van der Waals surface area contributed by atoms with E-state index in [-0.39, 0.29) is 0 Å². The molecule has 2 heterocycles. The summed E-state index contributed by atoms with van der Waals surface area (Å²) in [5.74, 6) is -1.52. The van der Waals surface area contributed by atoms with Crippen LogP contribution in [0.25, 0.3) is 0 Å². The number of thiophene rings is 1. The van der Waals surface area contributed by atoms with Gasteiger partial charge in [-0.3, -0.25) is 4.79 Å². The fraction of sp³-hybridized carbons (Fsp3) is 0.389. The van der Waals surface area contributed by atoms with Crippen molar-refractivity contribution in [3.63, 3.8) is 0 Å². The van der Waals surface area contributed by atoms with E-state index in [0.717, 1.165) is 36.1 Å². The summed E-state index contributed by atoms with van der Waals surface area (Å²) >= 11 is 1.39. The SMILES string of the molecule is COC(=O)c1c(NC(=O)COC(=O)c2cccn2C)sc2c1CCCC2. The third-order valence-electron chi connectivity index (χ3n) is 4.30. The smallest absolute Gasteiger partial charge is 0.355 e. The average Bonchev–Trinajstić information content (AvgIpc) is 3.22. The van der Waals surface area contributed by atoms with Gasteiger partial charge in [-0.2, -0.15) is 0 Å². The molecule has 1 aliphatic carbocycles. The number of hydrogen-bond acceptors (Lipinski definition) is 6. The van der Waals surface area contributed by atoms with Gasteiger partial charge in [0.1, 0.15) is 10.7 Å². The molecular weight excluding hydrogens is 356 g/mol. The Kier molecular flexibility index (Phi) is 5.41. The molecule has 0 aromatic carbocycles. The number of fused-ring (bicyclic) bond motifs is 1. The number of esters is 2. The van der Waals surface area contributed by atoms with Gasteiger partial charge in [0.25, 0.3) is 5.91 Å². The van der Waals surface area contributed by atoms with E-state index in [1.165, 1.54) is 18.4 Å². The zero-order valence-corrected chi connectivity index (χ0v) is 15.5. The molecule has 7 nitrogen and oxygen atoms in total. The van der Waals surface area contributed by atoms with E-state index >= 15 is 0 Å². The number of aryl methyl sites for hydroxylation is 2. The van der Waals surface area contributed by atoms with Gasteiger partial charge in [0.15, 0.2) is 6.61 Å². The first-order valence-corrected chi connectivity index (χ1v) is 9.14. The third-order valence-corrected chi connectivity index (χ3v) is 5.51. The Labute approximate surface area is 154 Å². The molecule has 138 valence electrons. The van der Waals surface area contributed by atoms with Crippen molar-refractivity contribution in [2.24, 2.45) is 7.05 Å². The summed E-state index contributed by atoms with van der Waals surface area (Å²) in [7, 11) is 3.04. The molecule has 0 saturated heterocycles. The molecule has 0 aliphatic heterocycles. The van der Waals surface area contributed by atoms with Crippen LogP contribution in [0.15, 0.2) is 18.3 Å². The Morgan fingerprint density at radius 3 is 2.69 bits per heavy atom. The number of ether oxygens (including phenoxy) is 2. The number of rotatable bonds is 5. The van der Waals surface area contributed by atoms with Gasteiger partial charge in [0.2, 0.25) is 0 Å². The van der Waals surface area contributed by atoms with Crippen molar-refractivity contribution in [1.82, 2.24) is 4.57 Å². The standard InChI is InChI=1S/C18H20N2O5S/c1-20-9-5-7-12(20)17(22)25-10-14(21)19-16-15(18(23)24-2)11-6-3-4-8-13(11)26-16/h5,7,9H,3-4,6,8,10H2,1-2H3,(H,19,21). The molecule has 1 amide bonds. The van der Waals surface area contributed by atoms with E-state index in [9.17, 15) is 14.4 Å². The molecule has 0 saturated carbocycles. The summed E-state index contributed by atoms with van der Waals surface area (Å²) in [6.45, 7) is -0.423. The number of carbonyl (C=O) groups excluding carboxylic acids is 3. The van der Waals surface area contributed by atoms with E-state index in [1.54, 1.807) is 29.9 Å². The second-order valence-electron chi connectivity index (χ2n) is 6.04. The maximum atomic E-state index is 12.2. The highest BCUT2D eigenvalue weighted by Gasteiger charge is 2.27. The summed E-state index contributed by atoms with van der Waals surface area (Å²) in [5.41, 5.74) is 1.75.